The summed E-state index contributed by atoms with van der Waals surface area (Å²) in [6, 6.07) is 0. The summed E-state index contributed by atoms with van der Waals surface area (Å²) in [7, 11) is 0. The molecular formula is C10H18O. The highest BCUT2D eigenvalue weighted by molar-refractivity contribution is 4.95. The van der Waals surface area contributed by atoms with Crippen molar-refractivity contribution in [3.05, 3.63) is 0 Å². The maximum atomic E-state index is 6.03. The van der Waals surface area contributed by atoms with Gasteiger partial charge in [0.05, 0.1) is 11.7 Å². The maximum Gasteiger partial charge on any atom is 0.0687 e. The van der Waals surface area contributed by atoms with Crippen molar-refractivity contribution in [2.45, 2.75) is 63.6 Å². The van der Waals surface area contributed by atoms with Crippen LogP contribution in [-0.4, -0.2) is 11.7 Å². The Balaban J connectivity index is 1.83. The molecule has 0 bridgehead atoms. The van der Waals surface area contributed by atoms with E-state index in [1.165, 1.54) is 44.9 Å². The standard InChI is InChI=1S/C10H18O/c1-2-4-9-5-8-10(11-9)6-3-7-10/h9H,2-8H2,1H3. The third kappa shape index (κ3) is 1.31. The highest BCUT2D eigenvalue weighted by Crippen LogP contribution is 2.46. The van der Waals surface area contributed by atoms with E-state index in [-0.39, 0.29) is 0 Å². The van der Waals surface area contributed by atoms with Gasteiger partial charge in [0.15, 0.2) is 0 Å². The minimum absolute atomic E-state index is 0.389. The van der Waals surface area contributed by atoms with Gasteiger partial charge in [-0.25, -0.2) is 0 Å². The van der Waals surface area contributed by atoms with Crippen LogP contribution in [0.25, 0.3) is 0 Å². The Morgan fingerprint density at radius 2 is 2.18 bits per heavy atom. The minimum atomic E-state index is 0.389. The fourth-order valence-corrected chi connectivity index (χ4v) is 2.36. The molecule has 1 heteroatoms. The average Bonchev–Trinajstić information content (AvgIpc) is 2.32. The molecule has 1 spiro atoms. The molecule has 1 unspecified atom stereocenters. The van der Waals surface area contributed by atoms with Crippen molar-refractivity contribution >= 4 is 0 Å². The third-order valence-electron chi connectivity index (χ3n) is 3.21. The second-order valence-corrected chi connectivity index (χ2v) is 4.10. The van der Waals surface area contributed by atoms with Gasteiger partial charge >= 0.3 is 0 Å². The molecule has 11 heavy (non-hydrogen) atoms. The fraction of sp³-hybridized carbons (Fsp3) is 1.00. The van der Waals surface area contributed by atoms with Crippen LogP contribution in [0, 0.1) is 0 Å². The van der Waals surface area contributed by atoms with E-state index in [0.29, 0.717) is 11.7 Å². The lowest BCUT2D eigenvalue weighted by atomic mass is 9.78. The monoisotopic (exact) mass is 154 g/mol. The van der Waals surface area contributed by atoms with Gasteiger partial charge in [-0.2, -0.15) is 0 Å². The second-order valence-electron chi connectivity index (χ2n) is 4.10. The van der Waals surface area contributed by atoms with Gasteiger partial charge in [0.25, 0.3) is 0 Å². The number of ether oxygens (including phenoxy) is 1. The summed E-state index contributed by atoms with van der Waals surface area (Å²) in [5.41, 5.74) is 0.389. The van der Waals surface area contributed by atoms with Crippen molar-refractivity contribution in [1.29, 1.82) is 0 Å². The Morgan fingerprint density at radius 3 is 2.64 bits per heavy atom. The van der Waals surface area contributed by atoms with Gasteiger partial charge in [-0.1, -0.05) is 13.3 Å². The summed E-state index contributed by atoms with van der Waals surface area (Å²) < 4.78 is 6.03. The SMILES string of the molecule is CCCC1CCC2(CCC2)O1. The highest BCUT2D eigenvalue weighted by atomic mass is 16.5. The first-order valence-corrected chi connectivity index (χ1v) is 5.02. The van der Waals surface area contributed by atoms with Gasteiger partial charge in [0, 0.05) is 0 Å². The highest BCUT2D eigenvalue weighted by Gasteiger charge is 2.44. The van der Waals surface area contributed by atoms with E-state index in [4.69, 9.17) is 4.74 Å². The van der Waals surface area contributed by atoms with Crippen molar-refractivity contribution in [2.75, 3.05) is 0 Å². The first-order valence-electron chi connectivity index (χ1n) is 5.02. The second kappa shape index (κ2) is 2.78. The molecule has 2 fully saturated rings. The lowest BCUT2D eigenvalue weighted by Gasteiger charge is -2.38. The molecule has 1 saturated heterocycles. The predicted molar refractivity (Wildman–Crippen MR) is 45.6 cm³/mol. The molecule has 0 aromatic rings. The first-order chi connectivity index (χ1) is 5.35. The van der Waals surface area contributed by atoms with Crippen LogP contribution in [0.2, 0.25) is 0 Å². The summed E-state index contributed by atoms with van der Waals surface area (Å²) in [6.07, 6.45) is 9.92. The van der Waals surface area contributed by atoms with Gasteiger partial charge in [-0.15, -0.1) is 0 Å². The molecule has 1 aliphatic carbocycles. The first kappa shape index (κ1) is 7.60. The Kier molecular flexibility index (Phi) is 1.92. The summed E-state index contributed by atoms with van der Waals surface area (Å²) in [6.45, 7) is 2.25. The summed E-state index contributed by atoms with van der Waals surface area (Å²) in [4.78, 5) is 0. The zero-order valence-electron chi connectivity index (χ0n) is 7.44. The molecule has 2 aliphatic rings. The largest absolute Gasteiger partial charge is 0.372 e. The molecule has 1 heterocycles. The van der Waals surface area contributed by atoms with Crippen LogP contribution in [-0.2, 0) is 4.74 Å². The normalized spacial score (nSPS) is 34.1. The van der Waals surface area contributed by atoms with E-state index in [1.807, 2.05) is 0 Å². The molecule has 2 rings (SSSR count). The molecule has 0 aromatic carbocycles. The number of rotatable bonds is 2. The van der Waals surface area contributed by atoms with Crippen molar-refractivity contribution in [1.82, 2.24) is 0 Å². The zero-order valence-corrected chi connectivity index (χ0v) is 7.44. The molecule has 0 aromatic heterocycles. The number of hydrogen-bond acceptors (Lipinski definition) is 1. The lowest BCUT2D eigenvalue weighted by molar-refractivity contribution is -0.0925. The molecule has 1 saturated carbocycles. The van der Waals surface area contributed by atoms with Crippen molar-refractivity contribution in [3.8, 4) is 0 Å². The zero-order chi connectivity index (χ0) is 7.73. The van der Waals surface area contributed by atoms with Crippen LogP contribution in [0.3, 0.4) is 0 Å². The molecule has 0 amide bonds. The van der Waals surface area contributed by atoms with E-state index < -0.39 is 0 Å². The summed E-state index contributed by atoms with van der Waals surface area (Å²) in [5, 5.41) is 0. The van der Waals surface area contributed by atoms with Gasteiger partial charge < -0.3 is 4.74 Å². The van der Waals surface area contributed by atoms with E-state index in [9.17, 15) is 0 Å². The summed E-state index contributed by atoms with van der Waals surface area (Å²) >= 11 is 0. The lowest BCUT2D eigenvalue weighted by Crippen LogP contribution is -2.36. The van der Waals surface area contributed by atoms with Gasteiger partial charge in [-0.3, -0.25) is 0 Å². The molecule has 1 nitrogen and oxygen atoms in total. The Labute approximate surface area is 69.1 Å². The van der Waals surface area contributed by atoms with Crippen LogP contribution >= 0.6 is 0 Å². The van der Waals surface area contributed by atoms with Crippen LogP contribution < -0.4 is 0 Å². The van der Waals surface area contributed by atoms with Crippen LogP contribution in [0.5, 0.6) is 0 Å². The van der Waals surface area contributed by atoms with Gasteiger partial charge in [-0.05, 0) is 38.5 Å². The van der Waals surface area contributed by atoms with Crippen molar-refractivity contribution in [3.63, 3.8) is 0 Å². The Hall–Kier alpha value is -0.0400. The molecular weight excluding hydrogens is 136 g/mol. The Bertz CT molecular complexity index is 138. The molecule has 1 aliphatic heterocycles. The smallest absolute Gasteiger partial charge is 0.0687 e. The van der Waals surface area contributed by atoms with Crippen LogP contribution in [0.15, 0.2) is 0 Å². The third-order valence-corrected chi connectivity index (χ3v) is 3.21. The van der Waals surface area contributed by atoms with E-state index in [2.05, 4.69) is 6.92 Å². The number of hydrogen-bond donors (Lipinski definition) is 0. The maximum absolute atomic E-state index is 6.03. The van der Waals surface area contributed by atoms with Crippen LogP contribution in [0.1, 0.15) is 51.9 Å². The van der Waals surface area contributed by atoms with Crippen molar-refractivity contribution < 1.29 is 4.74 Å². The molecule has 0 N–H and O–H groups in total. The quantitative estimate of drug-likeness (QED) is 0.594. The van der Waals surface area contributed by atoms with E-state index >= 15 is 0 Å². The van der Waals surface area contributed by atoms with E-state index in [0.717, 1.165) is 0 Å². The van der Waals surface area contributed by atoms with Crippen molar-refractivity contribution in [2.24, 2.45) is 0 Å². The van der Waals surface area contributed by atoms with Gasteiger partial charge in [0.1, 0.15) is 0 Å². The molecule has 64 valence electrons. The van der Waals surface area contributed by atoms with Crippen LogP contribution in [0.4, 0.5) is 0 Å². The fourth-order valence-electron chi connectivity index (χ4n) is 2.36. The summed E-state index contributed by atoms with van der Waals surface area (Å²) in [5.74, 6) is 0. The molecule has 0 radical (unpaired) electrons. The average molecular weight is 154 g/mol. The van der Waals surface area contributed by atoms with E-state index in [1.54, 1.807) is 0 Å². The predicted octanol–water partition coefficient (Wildman–Crippen LogP) is 2.89. The molecule has 1 atom stereocenters. The minimum Gasteiger partial charge on any atom is -0.372 e. The Morgan fingerprint density at radius 1 is 1.36 bits per heavy atom. The van der Waals surface area contributed by atoms with Gasteiger partial charge in [0.2, 0.25) is 0 Å². The topological polar surface area (TPSA) is 9.23 Å².